The molecule has 1 saturated heterocycles. The molecule has 10 heteroatoms. The minimum atomic E-state index is -3.99. The molecule has 8 nitrogen and oxygen atoms in total. The van der Waals surface area contributed by atoms with Crippen molar-refractivity contribution < 1.29 is 31.5 Å². The molecule has 0 amide bonds. The van der Waals surface area contributed by atoms with Gasteiger partial charge in [0.25, 0.3) is 0 Å². The van der Waals surface area contributed by atoms with Gasteiger partial charge in [-0.15, -0.1) is 0 Å². The van der Waals surface area contributed by atoms with Gasteiger partial charge in [0, 0.05) is 7.11 Å². The SMILES string of the molecule is COCC(NS(=O)(=O)C1CCS(=O)(=O)C1)C(=O)O. The Morgan fingerprint density at radius 1 is 1.56 bits per heavy atom. The third-order valence-corrected chi connectivity index (χ3v) is 6.44. The van der Waals surface area contributed by atoms with Crippen LogP contribution < -0.4 is 4.72 Å². The molecule has 18 heavy (non-hydrogen) atoms. The van der Waals surface area contributed by atoms with Crippen molar-refractivity contribution in [2.24, 2.45) is 0 Å². The summed E-state index contributed by atoms with van der Waals surface area (Å²) in [5.41, 5.74) is 0. The number of carboxylic acids is 1. The van der Waals surface area contributed by atoms with Crippen molar-refractivity contribution >= 4 is 25.8 Å². The van der Waals surface area contributed by atoms with Gasteiger partial charge < -0.3 is 9.84 Å². The second kappa shape index (κ2) is 5.51. The largest absolute Gasteiger partial charge is 0.480 e. The van der Waals surface area contributed by atoms with Crippen LogP contribution in [0.2, 0.25) is 0 Å². The van der Waals surface area contributed by atoms with E-state index in [4.69, 9.17) is 5.11 Å². The van der Waals surface area contributed by atoms with Crippen LogP contribution in [-0.2, 0) is 29.4 Å². The Kier molecular flexibility index (Phi) is 4.70. The van der Waals surface area contributed by atoms with Crippen molar-refractivity contribution in [2.75, 3.05) is 25.2 Å². The van der Waals surface area contributed by atoms with E-state index in [0.717, 1.165) is 0 Å². The number of rotatable bonds is 6. The maximum Gasteiger partial charge on any atom is 0.324 e. The first-order valence-electron chi connectivity index (χ1n) is 5.11. The summed E-state index contributed by atoms with van der Waals surface area (Å²) >= 11 is 0. The van der Waals surface area contributed by atoms with E-state index in [1.54, 1.807) is 0 Å². The second-order valence-corrected chi connectivity index (χ2v) is 8.26. The number of sulfone groups is 1. The lowest BCUT2D eigenvalue weighted by Gasteiger charge is -2.16. The fourth-order valence-corrected chi connectivity index (χ4v) is 5.84. The molecule has 0 bridgehead atoms. The molecule has 2 atom stereocenters. The summed E-state index contributed by atoms with van der Waals surface area (Å²) in [4.78, 5) is 10.8. The summed E-state index contributed by atoms with van der Waals surface area (Å²) in [5, 5.41) is 7.69. The predicted octanol–water partition coefficient (Wildman–Crippen LogP) is -1.81. The molecule has 0 aromatic carbocycles. The average molecular weight is 301 g/mol. The first kappa shape index (κ1) is 15.3. The number of nitrogens with one attached hydrogen (secondary N) is 1. The van der Waals surface area contributed by atoms with Crippen molar-refractivity contribution in [3.8, 4) is 0 Å². The van der Waals surface area contributed by atoms with Gasteiger partial charge in [-0.1, -0.05) is 0 Å². The summed E-state index contributed by atoms with van der Waals surface area (Å²) in [5.74, 6) is -2.04. The number of carboxylic acid groups (broad SMARTS) is 1. The molecule has 0 aromatic rings. The van der Waals surface area contributed by atoms with Gasteiger partial charge in [0.2, 0.25) is 10.0 Å². The van der Waals surface area contributed by atoms with Crippen LogP contribution in [-0.4, -0.2) is 64.4 Å². The molecule has 2 unspecified atom stereocenters. The molecule has 2 N–H and O–H groups in total. The van der Waals surface area contributed by atoms with Crippen molar-refractivity contribution in [1.29, 1.82) is 0 Å². The molecule has 0 aromatic heterocycles. The highest BCUT2D eigenvalue weighted by Crippen LogP contribution is 2.18. The predicted molar refractivity (Wildman–Crippen MR) is 62.4 cm³/mol. The molecule has 1 fully saturated rings. The number of aliphatic carboxylic acids is 1. The maximum atomic E-state index is 11.8. The van der Waals surface area contributed by atoms with Gasteiger partial charge in [0.1, 0.15) is 6.04 Å². The van der Waals surface area contributed by atoms with Crippen molar-refractivity contribution in [3.05, 3.63) is 0 Å². The summed E-state index contributed by atoms with van der Waals surface area (Å²) in [7, 11) is -6.09. The first-order valence-corrected chi connectivity index (χ1v) is 8.48. The van der Waals surface area contributed by atoms with Gasteiger partial charge in [-0.2, -0.15) is 4.72 Å². The molecule has 1 heterocycles. The van der Waals surface area contributed by atoms with Crippen LogP contribution in [0.15, 0.2) is 0 Å². The molecule has 1 rings (SSSR count). The third-order valence-electron chi connectivity index (χ3n) is 2.57. The Hall–Kier alpha value is -0.710. The zero-order valence-electron chi connectivity index (χ0n) is 9.70. The number of ether oxygens (including phenoxy) is 1. The first-order chi connectivity index (χ1) is 8.18. The Bertz CT molecular complexity index is 510. The van der Waals surface area contributed by atoms with Crippen molar-refractivity contribution in [2.45, 2.75) is 17.7 Å². The summed E-state index contributed by atoms with van der Waals surface area (Å²) in [6, 6.07) is -1.41. The molecule has 106 valence electrons. The monoisotopic (exact) mass is 301 g/mol. The van der Waals surface area contributed by atoms with E-state index in [0.29, 0.717) is 0 Å². The second-order valence-electron chi connectivity index (χ2n) is 4.03. The highest BCUT2D eigenvalue weighted by Gasteiger charge is 2.39. The number of hydrogen-bond acceptors (Lipinski definition) is 6. The molecular formula is C8H15NO7S2. The molecule has 0 saturated carbocycles. The lowest BCUT2D eigenvalue weighted by Crippen LogP contribution is -2.47. The van der Waals surface area contributed by atoms with Gasteiger partial charge in [0.15, 0.2) is 9.84 Å². The van der Waals surface area contributed by atoms with Crippen LogP contribution in [0.1, 0.15) is 6.42 Å². The smallest absolute Gasteiger partial charge is 0.324 e. The van der Waals surface area contributed by atoms with E-state index in [1.165, 1.54) is 7.11 Å². The number of sulfonamides is 1. The highest BCUT2D eigenvalue weighted by molar-refractivity contribution is 7.95. The van der Waals surface area contributed by atoms with E-state index in [1.807, 2.05) is 4.72 Å². The van der Waals surface area contributed by atoms with Gasteiger partial charge >= 0.3 is 5.97 Å². The van der Waals surface area contributed by atoms with E-state index in [9.17, 15) is 21.6 Å². The van der Waals surface area contributed by atoms with Crippen LogP contribution in [0, 0.1) is 0 Å². The molecular weight excluding hydrogens is 286 g/mol. The Labute approximate surface area is 105 Å². The van der Waals surface area contributed by atoms with Gasteiger partial charge in [-0.25, -0.2) is 16.8 Å². The Morgan fingerprint density at radius 2 is 2.17 bits per heavy atom. The van der Waals surface area contributed by atoms with Crippen LogP contribution in [0.25, 0.3) is 0 Å². The van der Waals surface area contributed by atoms with Gasteiger partial charge in [-0.05, 0) is 6.42 Å². The topological polar surface area (TPSA) is 127 Å². The van der Waals surface area contributed by atoms with E-state index in [2.05, 4.69) is 4.74 Å². The molecule has 1 aliphatic rings. The zero-order chi connectivity index (χ0) is 14.0. The van der Waals surface area contributed by atoms with Crippen LogP contribution in [0.4, 0.5) is 0 Å². The summed E-state index contributed by atoms with van der Waals surface area (Å²) in [6.07, 6.45) is -0.0169. The van der Waals surface area contributed by atoms with Crippen LogP contribution in [0.3, 0.4) is 0 Å². The zero-order valence-corrected chi connectivity index (χ0v) is 11.3. The lowest BCUT2D eigenvalue weighted by atomic mass is 10.3. The van der Waals surface area contributed by atoms with Gasteiger partial charge in [-0.3, -0.25) is 4.79 Å². The Morgan fingerprint density at radius 3 is 2.56 bits per heavy atom. The number of methoxy groups -OCH3 is 1. The normalized spacial score (nSPS) is 24.8. The minimum Gasteiger partial charge on any atom is -0.480 e. The molecule has 0 spiro atoms. The third kappa shape index (κ3) is 3.90. The van der Waals surface area contributed by atoms with Crippen LogP contribution in [0.5, 0.6) is 0 Å². The quantitative estimate of drug-likeness (QED) is 0.592. The summed E-state index contributed by atoms with van der Waals surface area (Å²) in [6.45, 7) is -0.325. The fraction of sp³-hybridized carbons (Fsp3) is 0.875. The Balaban J connectivity index is 2.78. The number of carbonyl (C=O) groups is 1. The lowest BCUT2D eigenvalue weighted by molar-refractivity contribution is -0.140. The van der Waals surface area contributed by atoms with Crippen molar-refractivity contribution in [3.63, 3.8) is 0 Å². The average Bonchev–Trinajstić information content (AvgIpc) is 2.58. The standard InChI is InChI=1S/C8H15NO7S2/c1-16-4-7(8(10)11)9-18(14,15)6-2-3-17(12,13)5-6/h6-7,9H,2-5H2,1H3,(H,10,11). The van der Waals surface area contributed by atoms with Gasteiger partial charge in [0.05, 0.1) is 23.4 Å². The molecule has 0 radical (unpaired) electrons. The number of hydrogen-bond donors (Lipinski definition) is 2. The molecule has 0 aliphatic carbocycles. The summed E-state index contributed by atoms with van der Waals surface area (Å²) < 4.78 is 52.6. The van der Waals surface area contributed by atoms with E-state index < -0.39 is 42.9 Å². The fourth-order valence-electron chi connectivity index (χ4n) is 1.62. The van der Waals surface area contributed by atoms with Crippen molar-refractivity contribution in [1.82, 2.24) is 4.72 Å². The highest BCUT2D eigenvalue weighted by atomic mass is 32.2. The van der Waals surface area contributed by atoms with E-state index >= 15 is 0 Å². The van der Waals surface area contributed by atoms with E-state index in [-0.39, 0.29) is 18.8 Å². The maximum absolute atomic E-state index is 11.8. The van der Waals surface area contributed by atoms with Crippen LogP contribution >= 0.6 is 0 Å². The molecule has 1 aliphatic heterocycles. The minimum absolute atomic E-state index is 0.0169.